The average molecular weight is 458 g/mol. The van der Waals surface area contributed by atoms with Gasteiger partial charge in [0.1, 0.15) is 0 Å². The molecule has 4 aromatic carbocycles. The molecule has 0 N–H and O–H groups in total. The summed E-state index contributed by atoms with van der Waals surface area (Å²) in [5.41, 5.74) is 9.72. The van der Waals surface area contributed by atoms with E-state index in [2.05, 4.69) is 76.7 Å². The van der Waals surface area contributed by atoms with Crippen LogP contribution in [0.25, 0.3) is 45.0 Å². The normalized spacial score (nSPS) is 17.4. The van der Waals surface area contributed by atoms with Crippen molar-refractivity contribution < 1.29 is 0 Å². The van der Waals surface area contributed by atoms with E-state index in [1.54, 1.807) is 0 Å². The minimum absolute atomic E-state index is 0.206. The fraction of sp³-hybridized carbons (Fsp3) is 0.100. The number of nitrogens with zero attached hydrogens (tertiary/aromatic N) is 3. The lowest BCUT2D eigenvalue weighted by molar-refractivity contribution is 1.00. The van der Waals surface area contributed by atoms with E-state index in [1.165, 1.54) is 28.7 Å². The first-order chi connectivity index (χ1) is 16.7. The molecule has 3 nitrogen and oxygen atoms in total. The quantitative estimate of drug-likeness (QED) is 0.277. The molecule has 34 heavy (non-hydrogen) atoms. The van der Waals surface area contributed by atoms with Crippen LogP contribution in [-0.2, 0) is 0 Å². The monoisotopic (exact) mass is 457 g/mol. The molecular weight excluding hydrogens is 438 g/mol. The summed E-state index contributed by atoms with van der Waals surface area (Å²) in [5, 5.41) is 0.206. The Morgan fingerprint density at radius 3 is 2.03 bits per heavy atom. The fourth-order valence-corrected chi connectivity index (χ4v) is 5.44. The highest BCUT2D eigenvalue weighted by molar-refractivity contribution is 6.28. The molecule has 0 bridgehead atoms. The van der Waals surface area contributed by atoms with Gasteiger partial charge < -0.3 is 0 Å². The van der Waals surface area contributed by atoms with Gasteiger partial charge in [0.2, 0.25) is 5.28 Å². The van der Waals surface area contributed by atoms with Gasteiger partial charge in [-0.25, -0.2) is 4.98 Å². The minimum atomic E-state index is 0.206. The van der Waals surface area contributed by atoms with E-state index in [1.807, 2.05) is 30.3 Å². The van der Waals surface area contributed by atoms with E-state index in [0.29, 0.717) is 23.5 Å². The van der Waals surface area contributed by atoms with E-state index in [4.69, 9.17) is 16.6 Å². The zero-order valence-electron chi connectivity index (χ0n) is 18.3. The van der Waals surface area contributed by atoms with Crippen LogP contribution in [-0.4, -0.2) is 15.0 Å². The molecule has 4 heteroatoms. The van der Waals surface area contributed by atoms with Gasteiger partial charge in [0.05, 0.1) is 0 Å². The molecule has 162 valence electrons. The molecule has 0 spiro atoms. The first kappa shape index (κ1) is 19.6. The van der Waals surface area contributed by atoms with E-state index in [-0.39, 0.29) is 5.28 Å². The number of rotatable bonds is 3. The van der Waals surface area contributed by atoms with E-state index >= 15 is 0 Å². The van der Waals surface area contributed by atoms with E-state index < -0.39 is 0 Å². The van der Waals surface area contributed by atoms with Crippen LogP contribution in [0.15, 0.2) is 97.1 Å². The van der Waals surface area contributed by atoms with Crippen LogP contribution in [0.2, 0.25) is 5.28 Å². The van der Waals surface area contributed by atoms with Gasteiger partial charge in [-0.3, -0.25) is 0 Å². The molecule has 7 rings (SSSR count). The lowest BCUT2D eigenvalue weighted by atomic mass is 9.85. The van der Waals surface area contributed by atoms with E-state index in [9.17, 15) is 0 Å². The summed E-state index contributed by atoms with van der Waals surface area (Å²) in [5.74, 6) is 2.42. The van der Waals surface area contributed by atoms with Crippen LogP contribution >= 0.6 is 11.6 Å². The summed E-state index contributed by atoms with van der Waals surface area (Å²) >= 11 is 6.39. The second-order valence-electron chi connectivity index (χ2n) is 9.04. The molecule has 5 aromatic rings. The average Bonchev–Trinajstić information content (AvgIpc) is 3.71. The molecule has 2 atom stereocenters. The van der Waals surface area contributed by atoms with Crippen molar-refractivity contribution in [2.45, 2.75) is 18.3 Å². The SMILES string of the molecule is Clc1nc(-c2cccc(-c3ccccc3)c2)nc(-c2ccc3c(c2)C2CC2c2ccccc2-3)n1. The molecule has 2 unspecified atom stereocenters. The molecule has 0 radical (unpaired) electrons. The zero-order chi connectivity index (χ0) is 22.6. The lowest BCUT2D eigenvalue weighted by Gasteiger charge is -2.20. The fourth-order valence-electron chi connectivity index (χ4n) is 5.28. The van der Waals surface area contributed by atoms with Gasteiger partial charge in [0.25, 0.3) is 0 Å². The van der Waals surface area contributed by atoms with Gasteiger partial charge in [-0.2, -0.15) is 9.97 Å². The Kier molecular flexibility index (Phi) is 4.39. The maximum atomic E-state index is 6.39. The molecule has 1 fully saturated rings. The standard InChI is InChI=1S/C30H20ClN3/c31-30-33-28(20-10-6-9-19(15-20)18-7-2-1-3-8-18)32-29(34-30)21-13-14-24-22-11-4-5-12-23(22)26-17-27(26)25(24)16-21/h1-16,26-27H,17H2. The molecule has 0 saturated heterocycles. The molecular formula is C30H20ClN3. The Bertz CT molecular complexity index is 1560. The van der Waals surface area contributed by atoms with E-state index in [0.717, 1.165) is 22.3 Å². The maximum absolute atomic E-state index is 6.39. The summed E-state index contributed by atoms with van der Waals surface area (Å²) in [6.07, 6.45) is 1.21. The largest absolute Gasteiger partial charge is 0.226 e. The Labute approximate surface area is 203 Å². The Morgan fingerprint density at radius 2 is 1.18 bits per heavy atom. The third kappa shape index (κ3) is 3.24. The van der Waals surface area contributed by atoms with Crippen LogP contribution in [0, 0.1) is 0 Å². The van der Waals surface area contributed by atoms with Gasteiger partial charge in [0.15, 0.2) is 11.6 Å². The van der Waals surface area contributed by atoms with Crippen molar-refractivity contribution in [2.75, 3.05) is 0 Å². The number of fused-ring (bicyclic) bond motifs is 6. The predicted octanol–water partition coefficient (Wildman–Crippen LogP) is 7.78. The maximum Gasteiger partial charge on any atom is 0.226 e. The molecule has 0 amide bonds. The molecule has 2 aliphatic rings. The number of aromatic nitrogens is 3. The summed E-state index contributed by atoms with van der Waals surface area (Å²) < 4.78 is 0. The lowest BCUT2D eigenvalue weighted by Crippen LogP contribution is -2.01. The molecule has 1 heterocycles. The van der Waals surface area contributed by atoms with Crippen molar-refractivity contribution in [3.63, 3.8) is 0 Å². The van der Waals surface area contributed by atoms with Crippen molar-refractivity contribution >= 4 is 11.6 Å². The van der Waals surface area contributed by atoms with Crippen LogP contribution < -0.4 is 0 Å². The topological polar surface area (TPSA) is 38.7 Å². The summed E-state index contributed by atoms with van der Waals surface area (Å²) in [7, 11) is 0. The first-order valence-electron chi connectivity index (χ1n) is 11.6. The molecule has 0 aliphatic heterocycles. The number of hydrogen-bond acceptors (Lipinski definition) is 3. The zero-order valence-corrected chi connectivity index (χ0v) is 19.1. The highest BCUT2D eigenvalue weighted by Gasteiger charge is 2.45. The van der Waals surface area contributed by atoms with Crippen LogP contribution in [0.1, 0.15) is 29.4 Å². The molecule has 1 aromatic heterocycles. The highest BCUT2D eigenvalue weighted by atomic mass is 35.5. The van der Waals surface area contributed by atoms with Crippen molar-refractivity contribution in [3.8, 4) is 45.0 Å². The van der Waals surface area contributed by atoms with Crippen molar-refractivity contribution in [2.24, 2.45) is 0 Å². The smallest absolute Gasteiger partial charge is 0.208 e. The predicted molar refractivity (Wildman–Crippen MR) is 137 cm³/mol. The summed E-state index contributed by atoms with van der Waals surface area (Å²) in [6, 6.07) is 33.9. The third-order valence-electron chi connectivity index (χ3n) is 6.99. The number of benzene rings is 4. The van der Waals surface area contributed by atoms with Gasteiger partial charge in [0, 0.05) is 11.1 Å². The second-order valence-corrected chi connectivity index (χ2v) is 9.37. The summed E-state index contributed by atoms with van der Waals surface area (Å²) in [4.78, 5) is 13.8. The third-order valence-corrected chi connectivity index (χ3v) is 7.16. The summed E-state index contributed by atoms with van der Waals surface area (Å²) in [6.45, 7) is 0. The molecule has 1 saturated carbocycles. The van der Waals surface area contributed by atoms with Gasteiger partial charge in [-0.05, 0) is 75.4 Å². The van der Waals surface area contributed by atoms with Crippen molar-refractivity contribution in [3.05, 3.63) is 113 Å². The Morgan fingerprint density at radius 1 is 0.529 bits per heavy atom. The molecule has 2 aliphatic carbocycles. The van der Waals surface area contributed by atoms with Crippen molar-refractivity contribution in [1.29, 1.82) is 0 Å². The van der Waals surface area contributed by atoms with Crippen molar-refractivity contribution in [1.82, 2.24) is 15.0 Å². The van der Waals surface area contributed by atoms with Gasteiger partial charge in [-0.15, -0.1) is 0 Å². The highest BCUT2D eigenvalue weighted by Crippen LogP contribution is 2.62. The number of halogens is 1. The van der Waals surface area contributed by atoms with Crippen LogP contribution in [0.5, 0.6) is 0 Å². The van der Waals surface area contributed by atoms with Crippen LogP contribution in [0.3, 0.4) is 0 Å². The van der Waals surface area contributed by atoms with Crippen LogP contribution in [0.4, 0.5) is 0 Å². The number of hydrogen-bond donors (Lipinski definition) is 0. The van der Waals surface area contributed by atoms with Gasteiger partial charge in [-0.1, -0.05) is 84.9 Å². The second kappa shape index (κ2) is 7.61. The Hall–Kier alpha value is -3.82. The first-order valence-corrected chi connectivity index (χ1v) is 11.9. The van der Waals surface area contributed by atoms with Gasteiger partial charge >= 0.3 is 0 Å². The Balaban J connectivity index is 1.30. The minimum Gasteiger partial charge on any atom is -0.208 e.